The topological polar surface area (TPSA) is 66.9 Å². The van der Waals surface area contributed by atoms with E-state index in [9.17, 15) is 13.2 Å². The van der Waals surface area contributed by atoms with Gasteiger partial charge in [-0.15, -0.1) is 0 Å². The molecule has 0 atom stereocenters. The van der Waals surface area contributed by atoms with Crippen LogP contribution in [0.4, 0.5) is 0 Å². The molecular formula is C17H24N2O4S. The third kappa shape index (κ3) is 3.02. The molecule has 3 rings (SSSR count). The summed E-state index contributed by atoms with van der Waals surface area (Å²) in [6.07, 6.45) is 1.50. The van der Waals surface area contributed by atoms with Gasteiger partial charge in [-0.2, -0.15) is 4.31 Å². The Morgan fingerprint density at radius 3 is 2.54 bits per heavy atom. The molecule has 0 radical (unpaired) electrons. The molecule has 2 aliphatic rings. The van der Waals surface area contributed by atoms with Crippen molar-refractivity contribution in [2.24, 2.45) is 5.41 Å². The lowest BCUT2D eigenvalue weighted by atomic mass is 9.78. The molecule has 2 aliphatic heterocycles. The fourth-order valence-corrected chi connectivity index (χ4v) is 5.23. The highest BCUT2D eigenvalue weighted by atomic mass is 32.2. The summed E-state index contributed by atoms with van der Waals surface area (Å²) in [5, 5.41) is 0. The van der Waals surface area contributed by atoms with E-state index in [0.29, 0.717) is 38.5 Å². The number of piperidine rings is 1. The summed E-state index contributed by atoms with van der Waals surface area (Å²) in [5.41, 5.74) is -0.247. The van der Waals surface area contributed by atoms with Crippen molar-refractivity contribution in [3.05, 3.63) is 24.3 Å². The monoisotopic (exact) mass is 352 g/mol. The van der Waals surface area contributed by atoms with Crippen LogP contribution < -0.4 is 4.74 Å². The SMILES string of the molecule is CCN1CC2(CCN(C(C)=O)CC2)COc2ccccc2S1(=O)=O. The van der Waals surface area contributed by atoms with Gasteiger partial charge in [0.1, 0.15) is 10.6 Å². The number of hydrogen-bond donors (Lipinski definition) is 0. The standard InChI is InChI=1S/C17H24N2O4S/c1-3-19-12-17(8-10-18(11-9-17)14(2)20)13-23-15-6-4-5-7-16(15)24(19,21)22/h4-7H,3,8-13H2,1-2H3. The zero-order chi connectivity index (χ0) is 17.4. The van der Waals surface area contributed by atoms with Crippen LogP contribution >= 0.6 is 0 Å². The smallest absolute Gasteiger partial charge is 0.246 e. The van der Waals surface area contributed by atoms with Crippen LogP contribution in [0.2, 0.25) is 0 Å². The molecular weight excluding hydrogens is 328 g/mol. The van der Waals surface area contributed by atoms with Crippen molar-refractivity contribution in [1.82, 2.24) is 9.21 Å². The van der Waals surface area contributed by atoms with Gasteiger partial charge in [0.25, 0.3) is 0 Å². The van der Waals surface area contributed by atoms with Gasteiger partial charge in [0, 0.05) is 38.5 Å². The largest absolute Gasteiger partial charge is 0.492 e. The fourth-order valence-electron chi connectivity index (χ4n) is 3.54. The fraction of sp³-hybridized carbons (Fsp3) is 0.588. The van der Waals surface area contributed by atoms with E-state index in [4.69, 9.17) is 4.74 Å². The lowest BCUT2D eigenvalue weighted by Crippen LogP contribution is -2.52. The van der Waals surface area contributed by atoms with Crippen molar-refractivity contribution in [2.75, 3.05) is 32.8 Å². The summed E-state index contributed by atoms with van der Waals surface area (Å²) in [6.45, 7) is 6.07. The lowest BCUT2D eigenvalue weighted by Gasteiger charge is -2.44. The van der Waals surface area contributed by atoms with Crippen LogP contribution in [0.1, 0.15) is 26.7 Å². The van der Waals surface area contributed by atoms with Gasteiger partial charge in [-0.3, -0.25) is 4.79 Å². The summed E-state index contributed by atoms with van der Waals surface area (Å²) in [5.74, 6) is 0.492. The maximum absolute atomic E-state index is 13.0. The van der Waals surface area contributed by atoms with Gasteiger partial charge < -0.3 is 9.64 Å². The second-order valence-electron chi connectivity index (χ2n) is 6.67. The van der Waals surface area contributed by atoms with E-state index in [1.165, 1.54) is 0 Å². The normalized spacial score (nSPS) is 23.0. The quantitative estimate of drug-likeness (QED) is 0.772. The van der Waals surface area contributed by atoms with E-state index in [1.54, 1.807) is 35.5 Å². The molecule has 1 amide bonds. The van der Waals surface area contributed by atoms with Gasteiger partial charge in [-0.25, -0.2) is 8.42 Å². The third-order valence-corrected chi connectivity index (χ3v) is 7.09. The first-order valence-electron chi connectivity index (χ1n) is 8.35. The number of nitrogens with zero attached hydrogens (tertiary/aromatic N) is 2. The maximum atomic E-state index is 13.0. The molecule has 0 unspecified atom stereocenters. The molecule has 0 aliphatic carbocycles. The number of carbonyl (C=O) groups excluding carboxylic acids is 1. The molecule has 6 nitrogen and oxygen atoms in total. The lowest BCUT2D eigenvalue weighted by molar-refractivity contribution is -0.131. The molecule has 1 aromatic rings. The summed E-state index contributed by atoms with van der Waals surface area (Å²) in [7, 11) is -3.57. The maximum Gasteiger partial charge on any atom is 0.246 e. The number of likely N-dealkylation sites (tertiary alicyclic amines) is 1. The number of hydrogen-bond acceptors (Lipinski definition) is 4. The Balaban J connectivity index is 1.94. The average molecular weight is 352 g/mol. The minimum Gasteiger partial charge on any atom is -0.492 e. The minimum atomic E-state index is -3.57. The first-order chi connectivity index (χ1) is 11.4. The van der Waals surface area contributed by atoms with Crippen LogP contribution in [-0.2, 0) is 14.8 Å². The molecule has 0 saturated carbocycles. The Morgan fingerprint density at radius 2 is 1.92 bits per heavy atom. The van der Waals surface area contributed by atoms with Crippen molar-refractivity contribution >= 4 is 15.9 Å². The van der Waals surface area contributed by atoms with Crippen molar-refractivity contribution in [2.45, 2.75) is 31.6 Å². The number of fused-ring (bicyclic) bond motifs is 1. The van der Waals surface area contributed by atoms with Crippen molar-refractivity contribution in [3.8, 4) is 5.75 Å². The summed E-state index contributed by atoms with van der Waals surface area (Å²) < 4.78 is 33.5. The number of para-hydroxylation sites is 1. The highest BCUT2D eigenvalue weighted by molar-refractivity contribution is 7.89. The van der Waals surface area contributed by atoms with Gasteiger partial charge in [-0.05, 0) is 25.0 Å². The number of carbonyl (C=O) groups is 1. The van der Waals surface area contributed by atoms with E-state index in [0.717, 1.165) is 12.8 Å². The van der Waals surface area contributed by atoms with Gasteiger partial charge in [0.2, 0.25) is 15.9 Å². The summed E-state index contributed by atoms with van der Waals surface area (Å²) in [6, 6.07) is 6.82. The molecule has 1 aromatic carbocycles. The number of benzene rings is 1. The zero-order valence-electron chi connectivity index (χ0n) is 14.2. The first kappa shape index (κ1) is 17.2. The van der Waals surface area contributed by atoms with Crippen LogP contribution in [-0.4, -0.2) is 56.3 Å². The predicted octanol–water partition coefficient (Wildman–Crippen LogP) is 1.72. The highest BCUT2D eigenvalue weighted by Gasteiger charge is 2.42. The molecule has 132 valence electrons. The molecule has 1 saturated heterocycles. The van der Waals surface area contributed by atoms with E-state index < -0.39 is 10.0 Å². The van der Waals surface area contributed by atoms with Gasteiger partial charge >= 0.3 is 0 Å². The highest BCUT2D eigenvalue weighted by Crippen LogP contribution is 2.39. The minimum absolute atomic E-state index is 0.0712. The Labute approximate surface area is 143 Å². The number of sulfonamides is 1. The van der Waals surface area contributed by atoms with Crippen LogP contribution in [0.5, 0.6) is 5.75 Å². The number of rotatable bonds is 1. The van der Waals surface area contributed by atoms with Gasteiger partial charge in [0.15, 0.2) is 0 Å². The van der Waals surface area contributed by atoms with Crippen LogP contribution in [0, 0.1) is 5.41 Å². The predicted molar refractivity (Wildman–Crippen MR) is 90.3 cm³/mol. The third-order valence-electron chi connectivity index (χ3n) is 5.13. The number of ether oxygens (including phenoxy) is 1. The van der Waals surface area contributed by atoms with Crippen molar-refractivity contribution in [3.63, 3.8) is 0 Å². The summed E-state index contributed by atoms with van der Waals surface area (Å²) in [4.78, 5) is 13.6. The zero-order valence-corrected chi connectivity index (χ0v) is 15.0. The molecule has 2 heterocycles. The molecule has 1 spiro atoms. The molecule has 7 heteroatoms. The Kier molecular flexibility index (Phi) is 4.57. The molecule has 1 fully saturated rings. The Hall–Kier alpha value is -1.60. The van der Waals surface area contributed by atoms with Crippen LogP contribution in [0.15, 0.2) is 29.2 Å². The molecule has 24 heavy (non-hydrogen) atoms. The number of amides is 1. The van der Waals surface area contributed by atoms with Gasteiger partial charge in [-0.1, -0.05) is 19.1 Å². The molecule has 0 N–H and O–H groups in total. The molecule has 0 aromatic heterocycles. The van der Waals surface area contributed by atoms with Crippen LogP contribution in [0.25, 0.3) is 0 Å². The molecule has 0 bridgehead atoms. The Morgan fingerprint density at radius 1 is 1.25 bits per heavy atom. The Bertz CT molecular complexity index is 724. The van der Waals surface area contributed by atoms with Crippen molar-refractivity contribution < 1.29 is 17.9 Å². The van der Waals surface area contributed by atoms with Gasteiger partial charge in [0.05, 0.1) is 6.61 Å². The second kappa shape index (κ2) is 6.37. The average Bonchev–Trinajstić information content (AvgIpc) is 2.57. The van der Waals surface area contributed by atoms with Crippen LogP contribution in [0.3, 0.4) is 0 Å². The first-order valence-corrected chi connectivity index (χ1v) is 9.79. The van der Waals surface area contributed by atoms with E-state index in [2.05, 4.69) is 0 Å². The van der Waals surface area contributed by atoms with E-state index in [1.807, 2.05) is 11.8 Å². The van der Waals surface area contributed by atoms with E-state index in [-0.39, 0.29) is 16.2 Å². The van der Waals surface area contributed by atoms with Crippen molar-refractivity contribution in [1.29, 1.82) is 0 Å². The van der Waals surface area contributed by atoms with E-state index >= 15 is 0 Å². The second-order valence-corrected chi connectivity index (χ2v) is 8.58. The summed E-state index contributed by atoms with van der Waals surface area (Å²) >= 11 is 0.